The van der Waals surface area contributed by atoms with Crippen molar-refractivity contribution in [3.63, 3.8) is 0 Å². The third kappa shape index (κ3) is 4.08. The van der Waals surface area contributed by atoms with Crippen LogP contribution in [0.3, 0.4) is 0 Å². The predicted molar refractivity (Wildman–Crippen MR) is 128 cm³/mol. The van der Waals surface area contributed by atoms with E-state index in [0.717, 1.165) is 6.07 Å². The van der Waals surface area contributed by atoms with Crippen molar-refractivity contribution in [3.8, 4) is 28.6 Å². The number of hydrogen-bond acceptors (Lipinski definition) is 4. The van der Waals surface area contributed by atoms with E-state index >= 15 is 0 Å². The topological polar surface area (TPSA) is 99.1 Å². The molecule has 0 aliphatic carbocycles. The van der Waals surface area contributed by atoms with Crippen LogP contribution >= 0.6 is 11.6 Å². The molecule has 0 aliphatic heterocycles. The number of carboxylic acid groups (broad SMARTS) is 1. The van der Waals surface area contributed by atoms with Crippen LogP contribution in [0.15, 0.2) is 42.6 Å². The van der Waals surface area contributed by atoms with E-state index in [4.69, 9.17) is 11.6 Å². The highest BCUT2D eigenvalue weighted by atomic mass is 35.5. The number of carbonyl (C=O) groups is 1. The number of rotatable bonds is 5. The second-order valence-electron chi connectivity index (χ2n) is 8.89. The minimum atomic E-state index is -1.30. The number of phenolic OH excluding ortho intramolecular Hbond substituents is 1. The molecule has 2 aromatic heterocycles. The van der Waals surface area contributed by atoms with E-state index in [2.05, 4.69) is 11.1 Å². The molecule has 9 heteroatoms. The lowest BCUT2D eigenvalue weighted by atomic mass is 9.82. The molecule has 178 valence electrons. The van der Waals surface area contributed by atoms with Crippen LogP contribution in [0.25, 0.3) is 27.7 Å². The maximum Gasteiger partial charge on any atom is 0.356 e. The standard InChI is InChI=1S/C26H20ClF2N3O3/c1-13-8-16(4-5-18(13)29)32-19-10-15(28)11-20(33)22(19)21(24(32)26(2,3)6-7-30)14-9-17(27)23(25(34)35)31-12-14/h4-5,8-12,33H,6H2,1-3H3,(H,34,35). The Morgan fingerprint density at radius 3 is 2.54 bits per heavy atom. The number of aromatic hydroxyl groups is 1. The van der Waals surface area contributed by atoms with E-state index < -0.39 is 23.0 Å². The minimum Gasteiger partial charge on any atom is -0.507 e. The van der Waals surface area contributed by atoms with Crippen molar-refractivity contribution in [2.24, 2.45) is 0 Å². The number of hydrogen-bond donors (Lipinski definition) is 2. The number of aryl methyl sites for hydroxylation is 1. The first-order chi connectivity index (χ1) is 16.5. The molecule has 0 fully saturated rings. The molecule has 0 saturated heterocycles. The van der Waals surface area contributed by atoms with E-state index in [9.17, 15) is 29.1 Å². The Balaban J connectivity index is 2.23. The van der Waals surface area contributed by atoms with Gasteiger partial charge in [-0.05, 0) is 42.8 Å². The van der Waals surface area contributed by atoms with Crippen LogP contribution in [0.5, 0.6) is 5.75 Å². The maximum absolute atomic E-state index is 14.5. The Morgan fingerprint density at radius 2 is 1.94 bits per heavy atom. The van der Waals surface area contributed by atoms with Crippen molar-refractivity contribution in [2.75, 3.05) is 0 Å². The largest absolute Gasteiger partial charge is 0.507 e. The SMILES string of the molecule is Cc1cc(-n2c(C(C)(C)CC#N)c(-c3cnc(C(=O)O)c(Cl)c3)c3c(O)cc(F)cc32)ccc1F. The maximum atomic E-state index is 14.5. The molecule has 6 nitrogen and oxygen atoms in total. The molecule has 0 saturated carbocycles. The molecule has 4 aromatic rings. The number of nitriles is 1. The number of aromatic nitrogens is 2. The normalized spacial score (nSPS) is 11.6. The van der Waals surface area contributed by atoms with Gasteiger partial charge in [-0.1, -0.05) is 25.4 Å². The summed E-state index contributed by atoms with van der Waals surface area (Å²) in [6, 6.07) is 10.2. The first-order valence-corrected chi connectivity index (χ1v) is 10.9. The van der Waals surface area contributed by atoms with Gasteiger partial charge >= 0.3 is 5.97 Å². The van der Waals surface area contributed by atoms with Gasteiger partial charge in [-0.25, -0.2) is 18.6 Å². The highest BCUT2D eigenvalue weighted by molar-refractivity contribution is 6.33. The van der Waals surface area contributed by atoms with Gasteiger partial charge in [0.2, 0.25) is 0 Å². The lowest BCUT2D eigenvalue weighted by Gasteiger charge is -2.27. The fourth-order valence-electron chi connectivity index (χ4n) is 4.33. The number of halogens is 3. The van der Waals surface area contributed by atoms with Crippen LogP contribution in [0.1, 0.15) is 42.0 Å². The number of fused-ring (bicyclic) bond motifs is 1. The second kappa shape index (κ2) is 8.67. The van der Waals surface area contributed by atoms with E-state index in [-0.39, 0.29) is 33.8 Å². The van der Waals surface area contributed by atoms with Gasteiger partial charge in [0, 0.05) is 46.6 Å². The van der Waals surface area contributed by atoms with Crippen molar-refractivity contribution in [2.45, 2.75) is 32.6 Å². The van der Waals surface area contributed by atoms with Gasteiger partial charge < -0.3 is 14.8 Å². The first-order valence-electron chi connectivity index (χ1n) is 10.6. The van der Waals surface area contributed by atoms with Gasteiger partial charge in [-0.3, -0.25) is 0 Å². The highest BCUT2D eigenvalue weighted by Crippen LogP contribution is 2.47. The second-order valence-corrected chi connectivity index (χ2v) is 9.30. The van der Waals surface area contributed by atoms with Gasteiger partial charge in [0.25, 0.3) is 0 Å². The van der Waals surface area contributed by atoms with E-state index in [1.54, 1.807) is 17.6 Å². The van der Waals surface area contributed by atoms with E-state index in [1.165, 1.54) is 30.5 Å². The van der Waals surface area contributed by atoms with Gasteiger partial charge in [-0.15, -0.1) is 0 Å². The van der Waals surface area contributed by atoms with Crippen LogP contribution < -0.4 is 0 Å². The summed E-state index contributed by atoms with van der Waals surface area (Å²) in [5.74, 6) is -2.78. The summed E-state index contributed by atoms with van der Waals surface area (Å²) >= 11 is 6.21. The van der Waals surface area contributed by atoms with Crippen LogP contribution in [0.2, 0.25) is 5.02 Å². The number of aromatic carboxylic acids is 1. The molecule has 0 spiro atoms. The average molecular weight is 496 g/mol. The van der Waals surface area contributed by atoms with Gasteiger partial charge in [0.15, 0.2) is 5.69 Å². The number of benzene rings is 2. The number of pyridine rings is 1. The van der Waals surface area contributed by atoms with E-state index in [1.807, 2.05) is 13.8 Å². The molecule has 4 rings (SSSR count). The average Bonchev–Trinajstić information content (AvgIpc) is 3.11. The Bertz CT molecular complexity index is 1550. The molecule has 0 radical (unpaired) electrons. The molecular weight excluding hydrogens is 476 g/mol. The molecular formula is C26H20ClF2N3O3. The Kier molecular flexibility index (Phi) is 5.99. The van der Waals surface area contributed by atoms with Crippen molar-refractivity contribution < 1.29 is 23.8 Å². The third-order valence-corrected chi connectivity index (χ3v) is 6.20. The van der Waals surface area contributed by atoms with Crippen molar-refractivity contribution in [1.29, 1.82) is 5.26 Å². The van der Waals surface area contributed by atoms with Crippen LogP contribution in [0, 0.1) is 29.9 Å². The molecule has 2 N–H and O–H groups in total. The predicted octanol–water partition coefficient (Wildman–Crippen LogP) is 6.53. The van der Waals surface area contributed by atoms with Gasteiger partial charge in [-0.2, -0.15) is 5.26 Å². The summed E-state index contributed by atoms with van der Waals surface area (Å²) in [5, 5.41) is 29.9. The van der Waals surface area contributed by atoms with Gasteiger partial charge in [0.1, 0.15) is 17.4 Å². The Hall–Kier alpha value is -3.96. The fourth-order valence-corrected chi connectivity index (χ4v) is 4.58. The smallest absolute Gasteiger partial charge is 0.356 e. The molecule has 2 aromatic carbocycles. The molecule has 0 amide bonds. The van der Waals surface area contributed by atoms with E-state index in [0.29, 0.717) is 28.1 Å². The molecule has 35 heavy (non-hydrogen) atoms. The highest BCUT2D eigenvalue weighted by Gasteiger charge is 2.34. The Labute approximate surface area is 204 Å². The zero-order chi connectivity index (χ0) is 25.7. The number of carboxylic acids is 1. The fraction of sp³-hybridized carbons (Fsp3) is 0.192. The lowest BCUT2D eigenvalue weighted by Crippen LogP contribution is -2.22. The van der Waals surface area contributed by atoms with Crippen LogP contribution in [-0.2, 0) is 5.41 Å². The summed E-state index contributed by atoms with van der Waals surface area (Å²) < 4.78 is 30.3. The summed E-state index contributed by atoms with van der Waals surface area (Å²) in [7, 11) is 0. The zero-order valence-electron chi connectivity index (χ0n) is 19.0. The van der Waals surface area contributed by atoms with Crippen molar-refractivity contribution in [1.82, 2.24) is 9.55 Å². The number of phenols is 1. The molecule has 0 aliphatic rings. The Morgan fingerprint density at radius 1 is 1.23 bits per heavy atom. The van der Waals surface area contributed by atoms with Crippen LogP contribution in [0.4, 0.5) is 8.78 Å². The monoisotopic (exact) mass is 495 g/mol. The molecule has 0 bridgehead atoms. The van der Waals surface area contributed by atoms with Crippen LogP contribution in [-0.4, -0.2) is 25.7 Å². The summed E-state index contributed by atoms with van der Waals surface area (Å²) in [4.78, 5) is 15.4. The summed E-state index contributed by atoms with van der Waals surface area (Å²) in [5.41, 5.74) is 1.22. The quantitative estimate of drug-likeness (QED) is 0.328. The molecule has 0 atom stereocenters. The number of nitrogens with zero attached hydrogens (tertiary/aromatic N) is 3. The summed E-state index contributed by atoms with van der Waals surface area (Å²) in [6.45, 7) is 5.22. The molecule has 0 unspecified atom stereocenters. The van der Waals surface area contributed by atoms with Gasteiger partial charge in [0.05, 0.1) is 22.0 Å². The van der Waals surface area contributed by atoms with Crippen molar-refractivity contribution in [3.05, 3.63) is 76.2 Å². The first kappa shape index (κ1) is 24.2. The summed E-state index contributed by atoms with van der Waals surface area (Å²) in [6.07, 6.45) is 1.35. The lowest BCUT2D eigenvalue weighted by molar-refractivity contribution is 0.0690. The minimum absolute atomic E-state index is 0.0497. The third-order valence-electron chi connectivity index (χ3n) is 5.91. The molecule has 2 heterocycles. The van der Waals surface area contributed by atoms with Crippen molar-refractivity contribution >= 4 is 28.5 Å². The zero-order valence-corrected chi connectivity index (χ0v) is 19.8.